The summed E-state index contributed by atoms with van der Waals surface area (Å²) in [6.07, 6.45) is -0.801. The van der Waals surface area contributed by atoms with Crippen LogP contribution in [0, 0.1) is 0 Å². The lowest BCUT2D eigenvalue weighted by Crippen LogP contribution is -2.46. The Hall–Kier alpha value is -2.11. The summed E-state index contributed by atoms with van der Waals surface area (Å²) in [5, 5.41) is 18.0. The normalized spacial score (nSPS) is 20.2. The predicted molar refractivity (Wildman–Crippen MR) is 97.8 cm³/mol. The van der Waals surface area contributed by atoms with E-state index in [2.05, 4.69) is 20.9 Å². The number of carbonyl (C=O) groups is 4. The molecule has 1 fully saturated rings. The highest BCUT2D eigenvalue weighted by Gasteiger charge is 2.47. The highest BCUT2D eigenvalue weighted by molar-refractivity contribution is 9.10. The van der Waals surface area contributed by atoms with Crippen molar-refractivity contribution in [3.63, 3.8) is 0 Å². The number of benzene rings is 1. The van der Waals surface area contributed by atoms with Gasteiger partial charge in [0.1, 0.15) is 15.6 Å². The first-order valence-electron chi connectivity index (χ1n) is 7.12. The van der Waals surface area contributed by atoms with Crippen LogP contribution in [0.3, 0.4) is 0 Å². The third kappa shape index (κ3) is 3.17. The van der Waals surface area contributed by atoms with E-state index in [1.165, 1.54) is 0 Å². The van der Waals surface area contributed by atoms with E-state index in [1.807, 2.05) is 0 Å². The van der Waals surface area contributed by atoms with Crippen LogP contribution < -0.4 is 10.6 Å². The molecule has 0 aliphatic carbocycles. The molecule has 2 atom stereocenters. The molecular weight excluding hydrogens is 448 g/mol. The molecule has 0 saturated carbocycles. The maximum atomic E-state index is 12.8. The summed E-state index contributed by atoms with van der Waals surface area (Å²) >= 11 is 9.22. The molecule has 2 unspecified atom stereocenters. The number of aliphatic carboxylic acids is 2. The first-order valence-corrected chi connectivity index (χ1v) is 9.20. The fraction of sp³-hybridized carbons (Fsp3) is 0.200. The molecule has 0 spiro atoms. The Balaban J connectivity index is 2.06. The van der Waals surface area contributed by atoms with E-state index < -0.39 is 41.5 Å². The molecule has 2 amide bonds. The number of amides is 2. The molecule has 8 nitrogen and oxygen atoms in total. The van der Waals surface area contributed by atoms with Crippen LogP contribution in [0.5, 0.6) is 0 Å². The van der Waals surface area contributed by atoms with Crippen molar-refractivity contribution in [1.29, 1.82) is 0 Å². The molecule has 1 aromatic rings. The van der Waals surface area contributed by atoms with Gasteiger partial charge in [-0.05, 0) is 18.2 Å². The van der Waals surface area contributed by atoms with Gasteiger partial charge in [-0.1, -0.05) is 39.9 Å². The van der Waals surface area contributed by atoms with E-state index in [0.29, 0.717) is 15.0 Å². The number of thioether (sulfide) groups is 1. The van der Waals surface area contributed by atoms with E-state index in [9.17, 15) is 24.3 Å². The van der Waals surface area contributed by atoms with Crippen LogP contribution in [-0.2, 0) is 19.2 Å². The van der Waals surface area contributed by atoms with E-state index in [0.717, 1.165) is 16.7 Å². The topological polar surface area (TPSA) is 124 Å². The number of halogens is 1. The van der Waals surface area contributed by atoms with Gasteiger partial charge in [-0.25, -0.2) is 9.79 Å². The second-order valence-corrected chi connectivity index (χ2v) is 8.07. The molecule has 0 bridgehead atoms. The van der Waals surface area contributed by atoms with Crippen LogP contribution in [0.1, 0.15) is 6.42 Å². The number of fused-ring (bicyclic) bond motifs is 1. The number of hydrogen-bond donors (Lipinski definition) is 2. The van der Waals surface area contributed by atoms with Gasteiger partial charge in [0.25, 0.3) is 5.91 Å². The SMILES string of the molecule is O=C(O)CC(C(=O)O)N1C(=O)C(C2=c3cc(Br)ccc3=NC2=O)SC1=S. The van der Waals surface area contributed by atoms with Gasteiger partial charge in [0.15, 0.2) is 0 Å². The zero-order chi connectivity index (χ0) is 19.2. The maximum absolute atomic E-state index is 12.8. The highest BCUT2D eigenvalue weighted by Crippen LogP contribution is 2.35. The Bertz CT molecular complexity index is 1010. The van der Waals surface area contributed by atoms with Crippen LogP contribution in [0.2, 0.25) is 0 Å². The summed E-state index contributed by atoms with van der Waals surface area (Å²) in [5.41, 5.74) is 0.112. The van der Waals surface area contributed by atoms with Crippen LogP contribution in [0.25, 0.3) is 5.57 Å². The lowest BCUT2D eigenvalue weighted by Gasteiger charge is -2.22. The van der Waals surface area contributed by atoms with Crippen LogP contribution in [0.15, 0.2) is 27.7 Å². The Morgan fingerprint density at radius 1 is 1.35 bits per heavy atom. The van der Waals surface area contributed by atoms with Gasteiger partial charge in [-0.15, -0.1) is 0 Å². The molecule has 26 heavy (non-hydrogen) atoms. The quantitative estimate of drug-likeness (QED) is 0.589. The van der Waals surface area contributed by atoms with Crippen molar-refractivity contribution in [1.82, 2.24) is 4.90 Å². The van der Waals surface area contributed by atoms with Crippen molar-refractivity contribution in [3.05, 3.63) is 33.2 Å². The summed E-state index contributed by atoms with van der Waals surface area (Å²) in [6, 6.07) is 3.33. The van der Waals surface area contributed by atoms with Gasteiger partial charge in [0.05, 0.1) is 17.4 Å². The minimum atomic E-state index is -1.64. The second kappa shape index (κ2) is 6.89. The van der Waals surface area contributed by atoms with Crippen molar-refractivity contribution >= 4 is 73.6 Å². The number of carboxylic acid groups (broad SMARTS) is 2. The van der Waals surface area contributed by atoms with Gasteiger partial charge in [0.2, 0.25) is 5.91 Å². The molecule has 0 aromatic heterocycles. The molecule has 0 radical (unpaired) electrons. The van der Waals surface area contributed by atoms with Crippen molar-refractivity contribution in [2.75, 3.05) is 0 Å². The number of carboxylic acids is 2. The lowest BCUT2D eigenvalue weighted by molar-refractivity contribution is -0.150. The van der Waals surface area contributed by atoms with Crippen molar-refractivity contribution < 1.29 is 29.4 Å². The largest absolute Gasteiger partial charge is 0.481 e. The Kier molecular flexibility index (Phi) is 4.95. The predicted octanol–water partition coefficient (Wildman–Crippen LogP) is -0.0836. The van der Waals surface area contributed by atoms with Gasteiger partial charge >= 0.3 is 11.9 Å². The third-order valence-corrected chi connectivity index (χ3v) is 5.86. The van der Waals surface area contributed by atoms with Crippen molar-refractivity contribution in [3.8, 4) is 0 Å². The van der Waals surface area contributed by atoms with E-state index in [4.69, 9.17) is 17.3 Å². The average Bonchev–Trinajstić information content (AvgIpc) is 3.00. The van der Waals surface area contributed by atoms with Crippen LogP contribution in [0.4, 0.5) is 0 Å². The summed E-state index contributed by atoms with van der Waals surface area (Å²) in [5.74, 6) is -4.20. The molecular formula is C15H9BrN2O6S2. The van der Waals surface area contributed by atoms with Crippen molar-refractivity contribution in [2.45, 2.75) is 17.7 Å². The van der Waals surface area contributed by atoms with E-state index in [-0.39, 0.29) is 9.89 Å². The monoisotopic (exact) mass is 456 g/mol. The molecule has 2 aliphatic heterocycles. The zero-order valence-electron chi connectivity index (χ0n) is 12.7. The van der Waals surface area contributed by atoms with Crippen LogP contribution in [-0.4, -0.2) is 54.5 Å². The highest BCUT2D eigenvalue weighted by atomic mass is 79.9. The van der Waals surface area contributed by atoms with Gasteiger partial charge in [-0.2, -0.15) is 0 Å². The fourth-order valence-electron chi connectivity index (χ4n) is 2.70. The number of carbonyl (C=O) groups excluding carboxylic acids is 2. The number of thiocarbonyl (C=S) groups is 1. The van der Waals surface area contributed by atoms with E-state index in [1.54, 1.807) is 18.2 Å². The number of rotatable bonds is 5. The lowest BCUT2D eigenvalue weighted by atomic mass is 10.1. The smallest absolute Gasteiger partial charge is 0.327 e. The second-order valence-electron chi connectivity index (χ2n) is 5.42. The molecule has 1 saturated heterocycles. The summed E-state index contributed by atoms with van der Waals surface area (Å²) in [7, 11) is 0. The number of hydrogen-bond acceptors (Lipinski definition) is 6. The molecule has 3 rings (SSSR count). The molecule has 2 aliphatic rings. The fourth-order valence-corrected chi connectivity index (χ4v) is 4.66. The summed E-state index contributed by atoms with van der Waals surface area (Å²) in [6.45, 7) is 0. The molecule has 11 heteroatoms. The van der Waals surface area contributed by atoms with Crippen molar-refractivity contribution in [2.24, 2.45) is 4.99 Å². The third-order valence-electron chi connectivity index (χ3n) is 3.81. The average molecular weight is 457 g/mol. The van der Waals surface area contributed by atoms with Gasteiger partial charge in [0, 0.05) is 9.69 Å². The maximum Gasteiger partial charge on any atom is 0.327 e. The number of nitrogens with zero attached hydrogens (tertiary/aromatic N) is 2. The first-order chi connectivity index (χ1) is 12.2. The van der Waals surface area contributed by atoms with Gasteiger partial charge in [-0.3, -0.25) is 19.3 Å². The Labute approximate surface area is 163 Å². The standard InChI is InChI=1S/C15H9BrN2O6S2/c16-5-1-2-7-6(3-5)10(12(21)17-7)11-13(22)18(15(25)26-11)8(14(23)24)4-9(19)20/h1-3,8,11H,4H2,(H,19,20)(H,23,24). The minimum Gasteiger partial charge on any atom is -0.481 e. The molecule has 2 heterocycles. The molecule has 1 aromatic carbocycles. The van der Waals surface area contributed by atoms with Gasteiger partial charge < -0.3 is 10.2 Å². The Morgan fingerprint density at radius 2 is 2.04 bits per heavy atom. The Morgan fingerprint density at radius 3 is 2.65 bits per heavy atom. The first kappa shape index (κ1) is 18.7. The zero-order valence-corrected chi connectivity index (χ0v) is 15.9. The minimum absolute atomic E-state index is 0.0857. The molecule has 134 valence electrons. The molecule has 2 N–H and O–H groups in total. The summed E-state index contributed by atoms with van der Waals surface area (Å²) < 4.78 is 0.597. The van der Waals surface area contributed by atoms with E-state index >= 15 is 0 Å². The van der Waals surface area contributed by atoms with Crippen LogP contribution >= 0.6 is 39.9 Å². The summed E-state index contributed by atoms with van der Waals surface area (Å²) in [4.78, 5) is 52.1.